The third-order valence-electron chi connectivity index (χ3n) is 3.56. The van der Waals surface area contributed by atoms with E-state index in [9.17, 15) is 0 Å². The highest BCUT2D eigenvalue weighted by atomic mass is 32.2. The number of aromatic nitrogens is 3. The number of thioether (sulfide) groups is 1. The van der Waals surface area contributed by atoms with Crippen LogP contribution in [-0.2, 0) is 6.54 Å². The second-order valence-corrected chi connectivity index (χ2v) is 7.07. The van der Waals surface area contributed by atoms with Crippen molar-refractivity contribution in [2.45, 2.75) is 63.7 Å². The molecule has 1 fully saturated rings. The van der Waals surface area contributed by atoms with Crippen molar-refractivity contribution in [3.05, 3.63) is 5.82 Å². The maximum atomic E-state index is 8.97. The predicted molar refractivity (Wildman–Crippen MR) is 80.2 cm³/mol. The molecule has 110 valence electrons. The van der Waals surface area contributed by atoms with Crippen LogP contribution >= 0.6 is 11.8 Å². The average molecular weight is 293 g/mol. The largest absolute Gasteiger partial charge is 0.324 e. The summed E-state index contributed by atoms with van der Waals surface area (Å²) in [6.07, 6.45) is 5.57. The number of nitrogens with two attached hydrogens (primary N) is 1. The molecule has 1 aromatic rings. The Hall–Kier alpha value is -1.06. The topological polar surface area (TPSA) is 80.5 Å². The minimum Gasteiger partial charge on any atom is -0.324 e. The number of unbranched alkanes of at least 4 members (excludes halogenated alkanes) is 1. The van der Waals surface area contributed by atoms with Gasteiger partial charge in [-0.05, 0) is 39.5 Å². The van der Waals surface area contributed by atoms with Gasteiger partial charge in [-0.25, -0.2) is 0 Å². The molecule has 2 rings (SSSR count). The van der Waals surface area contributed by atoms with E-state index in [1.165, 1.54) is 12.8 Å². The van der Waals surface area contributed by atoms with E-state index in [2.05, 4.69) is 20.8 Å². The molecule has 1 aliphatic carbocycles. The molecule has 0 radical (unpaired) electrons. The normalized spacial score (nSPS) is 15.3. The highest BCUT2D eigenvalue weighted by molar-refractivity contribution is 7.99. The summed E-state index contributed by atoms with van der Waals surface area (Å²) in [5, 5.41) is 18.4. The van der Waals surface area contributed by atoms with Crippen molar-refractivity contribution in [1.29, 1.82) is 5.26 Å². The van der Waals surface area contributed by atoms with Crippen LogP contribution in [0.4, 0.5) is 0 Å². The first kappa shape index (κ1) is 15.3. The molecule has 1 saturated carbocycles. The lowest BCUT2D eigenvalue weighted by Crippen LogP contribution is -2.08. The van der Waals surface area contributed by atoms with Gasteiger partial charge in [0, 0.05) is 11.8 Å². The maximum Gasteiger partial charge on any atom is 0.191 e. The third kappa shape index (κ3) is 3.97. The van der Waals surface area contributed by atoms with Gasteiger partial charge < -0.3 is 10.3 Å². The molecule has 0 amide bonds. The molecular weight excluding hydrogens is 270 g/mol. The SMILES string of the molecule is CC(C)(C#N)CCCCSc1nnc(CN)n1C1CC1. The maximum absolute atomic E-state index is 8.97. The molecule has 0 aliphatic heterocycles. The first-order chi connectivity index (χ1) is 9.57. The Balaban J connectivity index is 1.78. The van der Waals surface area contributed by atoms with E-state index < -0.39 is 0 Å². The summed E-state index contributed by atoms with van der Waals surface area (Å²) in [6, 6.07) is 2.92. The smallest absolute Gasteiger partial charge is 0.191 e. The number of rotatable bonds is 8. The Morgan fingerprint density at radius 2 is 2.15 bits per heavy atom. The average Bonchev–Trinajstić information content (AvgIpc) is 3.19. The number of hydrogen-bond donors (Lipinski definition) is 1. The van der Waals surface area contributed by atoms with Gasteiger partial charge in [0.2, 0.25) is 0 Å². The molecule has 0 bridgehead atoms. The van der Waals surface area contributed by atoms with Crippen molar-refractivity contribution in [2.75, 3.05) is 5.75 Å². The number of nitrogens with zero attached hydrogens (tertiary/aromatic N) is 4. The van der Waals surface area contributed by atoms with Gasteiger partial charge in [-0.3, -0.25) is 0 Å². The molecule has 6 heteroatoms. The summed E-state index contributed by atoms with van der Waals surface area (Å²) < 4.78 is 2.21. The molecule has 0 aromatic carbocycles. The van der Waals surface area contributed by atoms with Gasteiger partial charge in [0.25, 0.3) is 0 Å². The molecular formula is C14H23N5S. The lowest BCUT2D eigenvalue weighted by Gasteiger charge is -2.14. The van der Waals surface area contributed by atoms with E-state index in [-0.39, 0.29) is 5.41 Å². The van der Waals surface area contributed by atoms with Gasteiger partial charge >= 0.3 is 0 Å². The van der Waals surface area contributed by atoms with Crippen LogP contribution in [0.3, 0.4) is 0 Å². The van der Waals surface area contributed by atoms with E-state index >= 15 is 0 Å². The predicted octanol–water partition coefficient (Wildman–Crippen LogP) is 2.88. The standard InChI is InChI=1S/C14H23N5S/c1-14(2,10-16)7-3-4-8-20-13-18-17-12(9-15)19(13)11-5-6-11/h11H,3-9,15H2,1-2H3. The molecule has 5 nitrogen and oxygen atoms in total. The van der Waals surface area contributed by atoms with Crippen LogP contribution < -0.4 is 5.73 Å². The highest BCUT2D eigenvalue weighted by Crippen LogP contribution is 2.38. The van der Waals surface area contributed by atoms with E-state index in [1.54, 1.807) is 11.8 Å². The first-order valence-corrected chi connectivity index (χ1v) is 8.24. The van der Waals surface area contributed by atoms with Gasteiger partial charge in [-0.2, -0.15) is 5.26 Å². The molecule has 1 aliphatic rings. The fourth-order valence-corrected chi connectivity index (χ4v) is 3.16. The van der Waals surface area contributed by atoms with Crippen LogP contribution in [0, 0.1) is 16.7 Å². The van der Waals surface area contributed by atoms with Crippen LogP contribution in [0.25, 0.3) is 0 Å². The van der Waals surface area contributed by atoms with Crippen molar-refractivity contribution in [1.82, 2.24) is 14.8 Å². The van der Waals surface area contributed by atoms with Gasteiger partial charge in [-0.15, -0.1) is 10.2 Å². The molecule has 0 saturated heterocycles. The highest BCUT2D eigenvalue weighted by Gasteiger charge is 2.29. The van der Waals surface area contributed by atoms with Crippen LogP contribution in [0.1, 0.15) is 57.8 Å². The molecule has 1 heterocycles. The van der Waals surface area contributed by atoms with Crippen molar-refractivity contribution in [3.63, 3.8) is 0 Å². The second kappa shape index (κ2) is 6.59. The Labute approximate surface area is 124 Å². The molecule has 20 heavy (non-hydrogen) atoms. The Bertz CT molecular complexity index is 484. The van der Waals surface area contributed by atoms with Crippen LogP contribution in [0.5, 0.6) is 0 Å². The molecule has 0 atom stereocenters. The Morgan fingerprint density at radius 1 is 1.40 bits per heavy atom. The summed E-state index contributed by atoms with van der Waals surface area (Å²) >= 11 is 1.76. The zero-order valence-corrected chi connectivity index (χ0v) is 13.1. The van der Waals surface area contributed by atoms with Gasteiger partial charge in [0.1, 0.15) is 5.82 Å². The molecule has 1 aromatic heterocycles. The zero-order chi connectivity index (χ0) is 14.6. The second-order valence-electron chi connectivity index (χ2n) is 6.01. The summed E-state index contributed by atoms with van der Waals surface area (Å²) in [6.45, 7) is 4.45. The zero-order valence-electron chi connectivity index (χ0n) is 12.3. The minimum absolute atomic E-state index is 0.203. The molecule has 2 N–H and O–H groups in total. The monoisotopic (exact) mass is 293 g/mol. The summed E-state index contributed by atoms with van der Waals surface area (Å²) in [7, 11) is 0. The number of hydrogen-bond acceptors (Lipinski definition) is 5. The number of nitriles is 1. The van der Waals surface area contributed by atoms with E-state index in [0.29, 0.717) is 12.6 Å². The lowest BCUT2D eigenvalue weighted by atomic mass is 9.89. The van der Waals surface area contributed by atoms with Gasteiger partial charge in [0.05, 0.1) is 18.0 Å². The van der Waals surface area contributed by atoms with Crippen LogP contribution in [-0.4, -0.2) is 20.5 Å². The fourth-order valence-electron chi connectivity index (χ4n) is 2.13. The lowest BCUT2D eigenvalue weighted by molar-refractivity contribution is 0.433. The summed E-state index contributed by atoms with van der Waals surface area (Å²) in [5.41, 5.74) is 5.50. The molecule has 0 unspecified atom stereocenters. The summed E-state index contributed by atoms with van der Waals surface area (Å²) in [5.74, 6) is 1.93. The Kier molecular flexibility index (Phi) is 5.06. The van der Waals surface area contributed by atoms with Crippen LogP contribution in [0.2, 0.25) is 0 Å². The quantitative estimate of drug-likeness (QED) is 0.589. The van der Waals surface area contributed by atoms with E-state index in [0.717, 1.165) is 36.0 Å². The fraction of sp³-hybridized carbons (Fsp3) is 0.786. The van der Waals surface area contributed by atoms with Crippen molar-refractivity contribution in [3.8, 4) is 6.07 Å². The Morgan fingerprint density at radius 3 is 2.75 bits per heavy atom. The van der Waals surface area contributed by atoms with Crippen molar-refractivity contribution >= 4 is 11.8 Å². The van der Waals surface area contributed by atoms with Gasteiger partial charge in [0.15, 0.2) is 5.16 Å². The minimum atomic E-state index is -0.203. The van der Waals surface area contributed by atoms with Crippen molar-refractivity contribution < 1.29 is 0 Å². The van der Waals surface area contributed by atoms with Gasteiger partial charge in [-0.1, -0.05) is 18.2 Å². The van der Waals surface area contributed by atoms with Crippen molar-refractivity contribution in [2.24, 2.45) is 11.1 Å². The molecule has 0 spiro atoms. The third-order valence-corrected chi connectivity index (χ3v) is 4.59. The van der Waals surface area contributed by atoms with E-state index in [1.807, 2.05) is 13.8 Å². The van der Waals surface area contributed by atoms with Crippen LogP contribution in [0.15, 0.2) is 5.16 Å². The summed E-state index contributed by atoms with van der Waals surface area (Å²) in [4.78, 5) is 0. The first-order valence-electron chi connectivity index (χ1n) is 7.25. The van der Waals surface area contributed by atoms with E-state index in [4.69, 9.17) is 11.0 Å².